The van der Waals surface area contributed by atoms with Gasteiger partial charge < -0.3 is 5.11 Å². The first-order chi connectivity index (χ1) is 9.62. The van der Waals surface area contributed by atoms with Gasteiger partial charge in [-0.05, 0) is 55.4 Å². The van der Waals surface area contributed by atoms with Crippen LogP contribution in [-0.2, 0) is 10.0 Å². The smallest absolute Gasteiger partial charge is 0.240 e. The van der Waals surface area contributed by atoms with E-state index in [0.717, 1.165) is 25.0 Å². The molecule has 0 atom stereocenters. The molecule has 118 valence electrons. The molecule has 1 aromatic rings. The van der Waals surface area contributed by atoms with Crippen LogP contribution in [-0.4, -0.2) is 25.7 Å². The molecule has 0 radical (unpaired) electrons. The van der Waals surface area contributed by atoms with Crippen LogP contribution in [0.4, 0.5) is 4.39 Å². The lowest BCUT2D eigenvalue weighted by Gasteiger charge is -2.40. The van der Waals surface area contributed by atoms with E-state index in [2.05, 4.69) is 18.6 Å². The molecule has 0 aliphatic heterocycles. The molecule has 0 spiro atoms. The normalized spacial score (nSPS) is 21.1. The zero-order valence-electron chi connectivity index (χ0n) is 12.4. The van der Waals surface area contributed by atoms with E-state index in [4.69, 9.17) is 0 Å². The summed E-state index contributed by atoms with van der Waals surface area (Å²) in [7, 11) is -3.72. The molecule has 0 bridgehead atoms. The van der Waals surface area contributed by atoms with Crippen LogP contribution in [0.15, 0.2) is 29.2 Å². The van der Waals surface area contributed by atoms with Gasteiger partial charge in [0.2, 0.25) is 10.0 Å². The summed E-state index contributed by atoms with van der Waals surface area (Å²) in [5, 5.41) is 10.5. The van der Waals surface area contributed by atoms with Crippen LogP contribution >= 0.6 is 0 Å². The molecule has 1 fully saturated rings. The fraction of sp³-hybridized carbons (Fsp3) is 0.600. The minimum atomic E-state index is -3.72. The summed E-state index contributed by atoms with van der Waals surface area (Å²) >= 11 is 0. The lowest BCUT2D eigenvalue weighted by atomic mass is 9.71. The molecule has 6 heteroatoms. The van der Waals surface area contributed by atoms with Crippen molar-refractivity contribution in [3.63, 3.8) is 0 Å². The van der Waals surface area contributed by atoms with Gasteiger partial charge >= 0.3 is 0 Å². The molecule has 0 unspecified atom stereocenters. The lowest BCUT2D eigenvalue weighted by Crippen LogP contribution is -2.46. The second kappa shape index (κ2) is 5.66. The zero-order valence-corrected chi connectivity index (χ0v) is 13.2. The number of aliphatic hydroxyl groups is 1. The number of halogens is 1. The van der Waals surface area contributed by atoms with Crippen molar-refractivity contribution in [3.8, 4) is 0 Å². The number of hydrogen-bond acceptors (Lipinski definition) is 3. The molecule has 0 amide bonds. The fourth-order valence-corrected chi connectivity index (χ4v) is 3.62. The number of nitrogens with one attached hydrogen (secondary N) is 1. The van der Waals surface area contributed by atoms with Gasteiger partial charge in [0, 0.05) is 6.54 Å². The Bertz CT molecular complexity index is 586. The van der Waals surface area contributed by atoms with Crippen LogP contribution in [0.2, 0.25) is 0 Å². The van der Waals surface area contributed by atoms with E-state index in [-0.39, 0.29) is 16.9 Å². The van der Waals surface area contributed by atoms with Gasteiger partial charge in [-0.15, -0.1) is 0 Å². The average molecular weight is 315 g/mol. The Morgan fingerprint density at radius 2 is 1.67 bits per heavy atom. The average Bonchev–Trinajstić information content (AvgIpc) is 2.42. The van der Waals surface area contributed by atoms with Gasteiger partial charge in [-0.3, -0.25) is 0 Å². The Morgan fingerprint density at radius 1 is 1.14 bits per heavy atom. The maximum absolute atomic E-state index is 12.8. The molecule has 1 saturated carbocycles. The predicted octanol–water partition coefficient (Wildman–Crippen LogP) is 2.44. The standard InChI is InChI=1S/C15H22FNO3S/c1-14(2)7-9-15(18,10-8-14)11-17-21(19,20)13-5-3-12(16)4-6-13/h3-6,17-18H,7-11H2,1-2H3. The van der Waals surface area contributed by atoms with Gasteiger partial charge in [0.05, 0.1) is 10.5 Å². The molecule has 0 aromatic heterocycles. The Kier molecular flexibility index (Phi) is 4.42. The third-order valence-electron chi connectivity index (χ3n) is 4.25. The molecular formula is C15H22FNO3S. The summed E-state index contributed by atoms with van der Waals surface area (Å²) in [5.74, 6) is -0.484. The van der Waals surface area contributed by atoms with E-state index < -0.39 is 21.4 Å². The van der Waals surface area contributed by atoms with Crippen molar-refractivity contribution in [1.29, 1.82) is 0 Å². The van der Waals surface area contributed by atoms with E-state index in [1.54, 1.807) is 0 Å². The third-order valence-corrected chi connectivity index (χ3v) is 5.67. The van der Waals surface area contributed by atoms with E-state index >= 15 is 0 Å². The zero-order chi connectivity index (χ0) is 15.7. The van der Waals surface area contributed by atoms with Crippen LogP contribution in [0, 0.1) is 11.2 Å². The van der Waals surface area contributed by atoms with Crippen molar-refractivity contribution in [2.75, 3.05) is 6.54 Å². The van der Waals surface area contributed by atoms with Gasteiger partial charge in [-0.2, -0.15) is 0 Å². The molecule has 1 aliphatic carbocycles. The molecule has 0 heterocycles. The number of hydrogen-bond donors (Lipinski definition) is 2. The van der Waals surface area contributed by atoms with Crippen LogP contribution in [0.5, 0.6) is 0 Å². The van der Waals surface area contributed by atoms with Crippen molar-refractivity contribution in [1.82, 2.24) is 4.72 Å². The van der Waals surface area contributed by atoms with Crippen LogP contribution < -0.4 is 4.72 Å². The molecule has 21 heavy (non-hydrogen) atoms. The molecule has 2 N–H and O–H groups in total. The Labute approximate surface area is 125 Å². The number of rotatable bonds is 4. The van der Waals surface area contributed by atoms with E-state index in [0.29, 0.717) is 12.8 Å². The maximum Gasteiger partial charge on any atom is 0.240 e. The van der Waals surface area contributed by atoms with E-state index in [9.17, 15) is 17.9 Å². The van der Waals surface area contributed by atoms with Gasteiger partial charge in [-0.1, -0.05) is 13.8 Å². The predicted molar refractivity (Wildman–Crippen MR) is 78.8 cm³/mol. The molecule has 4 nitrogen and oxygen atoms in total. The molecule has 2 rings (SSSR count). The topological polar surface area (TPSA) is 66.4 Å². The maximum atomic E-state index is 12.8. The van der Waals surface area contributed by atoms with Crippen LogP contribution in [0.3, 0.4) is 0 Å². The highest BCUT2D eigenvalue weighted by Gasteiger charge is 2.37. The van der Waals surface area contributed by atoms with Gasteiger partial charge in [0.1, 0.15) is 5.82 Å². The molecule has 1 aromatic carbocycles. The largest absolute Gasteiger partial charge is 0.389 e. The fourth-order valence-electron chi connectivity index (χ4n) is 2.50. The second-order valence-electron chi connectivity index (χ2n) is 6.67. The number of benzene rings is 1. The lowest BCUT2D eigenvalue weighted by molar-refractivity contribution is -0.0205. The van der Waals surface area contributed by atoms with Gasteiger partial charge in [0.25, 0.3) is 0 Å². The van der Waals surface area contributed by atoms with Gasteiger partial charge in [0.15, 0.2) is 0 Å². The number of sulfonamides is 1. The van der Waals surface area contributed by atoms with Crippen molar-refractivity contribution >= 4 is 10.0 Å². The first kappa shape index (κ1) is 16.4. The van der Waals surface area contributed by atoms with Gasteiger partial charge in [-0.25, -0.2) is 17.5 Å². The summed E-state index contributed by atoms with van der Waals surface area (Å²) in [6.45, 7) is 4.29. The summed E-state index contributed by atoms with van der Waals surface area (Å²) < 4.78 is 39.5. The summed E-state index contributed by atoms with van der Waals surface area (Å²) in [5.41, 5.74) is -0.801. The highest BCUT2D eigenvalue weighted by Crippen LogP contribution is 2.39. The Hall–Kier alpha value is -0.980. The van der Waals surface area contributed by atoms with Crippen LogP contribution in [0.25, 0.3) is 0 Å². The quantitative estimate of drug-likeness (QED) is 0.897. The van der Waals surface area contributed by atoms with Crippen LogP contribution in [0.1, 0.15) is 39.5 Å². The highest BCUT2D eigenvalue weighted by molar-refractivity contribution is 7.89. The summed E-state index contributed by atoms with van der Waals surface area (Å²) in [6.07, 6.45) is 2.88. The molecular weight excluding hydrogens is 293 g/mol. The van der Waals surface area contributed by atoms with Crippen molar-refractivity contribution in [2.24, 2.45) is 5.41 Å². The summed E-state index contributed by atoms with van der Waals surface area (Å²) in [6, 6.07) is 4.64. The third kappa shape index (κ3) is 4.25. The van der Waals surface area contributed by atoms with Crippen molar-refractivity contribution in [2.45, 2.75) is 50.0 Å². The molecule has 0 saturated heterocycles. The van der Waals surface area contributed by atoms with Crippen molar-refractivity contribution < 1.29 is 17.9 Å². The Morgan fingerprint density at radius 3 is 2.19 bits per heavy atom. The highest BCUT2D eigenvalue weighted by atomic mass is 32.2. The first-order valence-corrected chi connectivity index (χ1v) is 8.58. The van der Waals surface area contributed by atoms with Crippen molar-refractivity contribution in [3.05, 3.63) is 30.1 Å². The first-order valence-electron chi connectivity index (χ1n) is 7.10. The van der Waals surface area contributed by atoms with E-state index in [1.807, 2.05) is 0 Å². The summed E-state index contributed by atoms with van der Waals surface area (Å²) in [4.78, 5) is 0.00337. The minimum Gasteiger partial charge on any atom is -0.389 e. The monoisotopic (exact) mass is 315 g/mol. The second-order valence-corrected chi connectivity index (χ2v) is 8.43. The SMILES string of the molecule is CC1(C)CCC(O)(CNS(=O)(=O)c2ccc(F)cc2)CC1. The Balaban J connectivity index is 2.00. The minimum absolute atomic E-state index is 0.00337. The molecule has 1 aliphatic rings. The van der Waals surface area contributed by atoms with E-state index in [1.165, 1.54) is 12.1 Å².